The molecule has 1 aromatic heterocycles. The van der Waals surface area contributed by atoms with Crippen LogP contribution >= 0.6 is 0 Å². The number of nitrogens with zero attached hydrogens (tertiary/aromatic N) is 3. The lowest BCUT2D eigenvalue weighted by molar-refractivity contribution is -0.140. The van der Waals surface area contributed by atoms with Crippen molar-refractivity contribution >= 4 is 11.6 Å². The van der Waals surface area contributed by atoms with Gasteiger partial charge in [-0.25, -0.2) is 4.39 Å². The fourth-order valence-corrected chi connectivity index (χ4v) is 6.59. The molecule has 192 valence electrons. The molecule has 4 fully saturated rings. The van der Waals surface area contributed by atoms with Gasteiger partial charge in [0.25, 0.3) is 11.5 Å². The number of nitrogens with two attached hydrogens (primary N) is 1. The quantitative estimate of drug-likeness (QED) is 0.605. The number of carbonyl (C=O) groups excluding carboxylic acids is 1. The highest BCUT2D eigenvalue weighted by molar-refractivity contribution is 5.98. The highest BCUT2D eigenvalue weighted by Gasteiger charge is 2.64. The zero-order chi connectivity index (χ0) is 25.7. The van der Waals surface area contributed by atoms with E-state index < -0.39 is 29.5 Å². The SMILES string of the molecule is C[C@H](c1cccc(C(F)(F)F)c1F)N(c1cc(=O)n([C@H]2CC23CC3)cc1C(N)=O)C1C2CN(C)CC21. The van der Waals surface area contributed by atoms with E-state index in [9.17, 15) is 22.8 Å². The van der Waals surface area contributed by atoms with E-state index >= 15 is 4.39 Å². The van der Waals surface area contributed by atoms with Crippen LogP contribution in [0.3, 0.4) is 0 Å². The van der Waals surface area contributed by atoms with E-state index in [1.165, 1.54) is 24.4 Å². The van der Waals surface area contributed by atoms with Gasteiger partial charge in [0.1, 0.15) is 5.82 Å². The standard InChI is InChI=1S/C26H28F4N4O2/c1-13(14-4-3-5-18(22(14)27)26(28,29)30)34(23-15-10-32(2)11-16(15)23)19-8-21(35)33(12-17(19)24(31)36)20-9-25(20)6-7-25/h3-5,8,12-13,15-16,20,23H,6-7,9-11H2,1-2H3,(H2,31,36)/t13-,15?,16?,20+,23?/m1/s1. The zero-order valence-electron chi connectivity index (χ0n) is 20.1. The number of aromatic nitrogens is 1. The Morgan fingerprint density at radius 3 is 2.44 bits per heavy atom. The molecule has 0 bridgehead atoms. The van der Waals surface area contributed by atoms with Crippen LogP contribution in [0.5, 0.6) is 0 Å². The van der Waals surface area contributed by atoms with Gasteiger partial charge in [0.2, 0.25) is 0 Å². The Hall–Kier alpha value is -2.88. The van der Waals surface area contributed by atoms with Crippen molar-refractivity contribution in [1.82, 2.24) is 9.47 Å². The molecule has 1 amide bonds. The van der Waals surface area contributed by atoms with Gasteiger partial charge in [-0.05, 0) is 56.6 Å². The average molecular weight is 505 g/mol. The summed E-state index contributed by atoms with van der Waals surface area (Å²) in [6, 6.07) is 3.64. The van der Waals surface area contributed by atoms with Crippen molar-refractivity contribution in [3.05, 3.63) is 63.3 Å². The highest BCUT2D eigenvalue weighted by Crippen LogP contribution is 2.72. The van der Waals surface area contributed by atoms with Gasteiger partial charge in [-0.2, -0.15) is 13.2 Å². The number of hydrogen-bond acceptors (Lipinski definition) is 4. The van der Waals surface area contributed by atoms with Gasteiger partial charge in [-0.1, -0.05) is 12.1 Å². The topological polar surface area (TPSA) is 71.6 Å². The predicted molar refractivity (Wildman–Crippen MR) is 125 cm³/mol. The Bertz CT molecular complexity index is 1310. The number of primary amides is 1. The summed E-state index contributed by atoms with van der Waals surface area (Å²) in [6.07, 6.45) is -0.349. The van der Waals surface area contributed by atoms with Gasteiger partial charge in [-0.15, -0.1) is 0 Å². The van der Waals surface area contributed by atoms with Crippen LogP contribution in [0.25, 0.3) is 0 Å². The first-order valence-corrected chi connectivity index (χ1v) is 12.3. The second-order valence-electron chi connectivity index (χ2n) is 11.1. The normalized spacial score (nSPS) is 28.6. The van der Waals surface area contributed by atoms with Gasteiger partial charge in [0.05, 0.1) is 22.9 Å². The van der Waals surface area contributed by atoms with Gasteiger partial charge >= 0.3 is 6.18 Å². The maximum Gasteiger partial charge on any atom is 0.419 e. The minimum atomic E-state index is -4.84. The van der Waals surface area contributed by atoms with Crippen molar-refractivity contribution in [3.63, 3.8) is 0 Å². The zero-order valence-corrected chi connectivity index (χ0v) is 20.1. The number of piperidine rings is 1. The van der Waals surface area contributed by atoms with E-state index in [1.54, 1.807) is 16.4 Å². The monoisotopic (exact) mass is 504 g/mol. The molecule has 3 saturated carbocycles. The number of alkyl halides is 3. The highest BCUT2D eigenvalue weighted by atomic mass is 19.4. The molecule has 36 heavy (non-hydrogen) atoms. The maximum absolute atomic E-state index is 15.2. The number of rotatable bonds is 6. The van der Waals surface area contributed by atoms with Crippen LogP contribution in [-0.2, 0) is 6.18 Å². The van der Waals surface area contributed by atoms with Crippen molar-refractivity contribution in [2.75, 3.05) is 25.0 Å². The molecular formula is C26H28F4N4O2. The number of likely N-dealkylation sites (tertiary alicyclic amines) is 1. The van der Waals surface area contributed by atoms with E-state index in [-0.39, 0.29) is 51.7 Å². The molecule has 0 radical (unpaired) electrons. The van der Waals surface area contributed by atoms with Crippen LogP contribution in [0.15, 0.2) is 35.3 Å². The first-order valence-electron chi connectivity index (χ1n) is 12.3. The first kappa shape index (κ1) is 23.5. The number of hydrogen-bond donors (Lipinski definition) is 1. The van der Waals surface area contributed by atoms with Crippen molar-refractivity contribution in [3.8, 4) is 0 Å². The van der Waals surface area contributed by atoms with Gasteiger partial charge in [-0.3, -0.25) is 9.59 Å². The van der Waals surface area contributed by atoms with Crippen LogP contribution in [0.2, 0.25) is 0 Å². The lowest BCUT2D eigenvalue weighted by Crippen LogP contribution is -2.39. The minimum absolute atomic E-state index is 0.0397. The smallest absolute Gasteiger partial charge is 0.365 e. The summed E-state index contributed by atoms with van der Waals surface area (Å²) in [4.78, 5) is 29.8. The molecule has 1 aromatic carbocycles. The van der Waals surface area contributed by atoms with Crippen LogP contribution < -0.4 is 16.2 Å². The molecule has 2 N–H and O–H groups in total. The fraction of sp³-hybridized carbons (Fsp3) is 0.538. The number of amides is 1. The Morgan fingerprint density at radius 2 is 1.89 bits per heavy atom. The van der Waals surface area contributed by atoms with E-state index in [4.69, 9.17) is 5.73 Å². The van der Waals surface area contributed by atoms with Gasteiger partial charge < -0.3 is 20.1 Å². The van der Waals surface area contributed by atoms with Crippen LogP contribution in [-0.4, -0.2) is 41.6 Å². The van der Waals surface area contributed by atoms with Crippen LogP contribution in [0.1, 0.15) is 59.8 Å². The fourth-order valence-electron chi connectivity index (χ4n) is 6.59. The Kier molecular flexibility index (Phi) is 4.94. The van der Waals surface area contributed by atoms with Crippen molar-refractivity contribution in [2.45, 2.75) is 50.5 Å². The average Bonchev–Trinajstić information content (AvgIpc) is 3.75. The molecule has 2 unspecified atom stereocenters. The first-order chi connectivity index (χ1) is 16.9. The summed E-state index contributed by atoms with van der Waals surface area (Å²) in [5.41, 5.74) is 4.57. The molecule has 3 aliphatic carbocycles. The predicted octanol–water partition coefficient (Wildman–Crippen LogP) is 3.96. The van der Waals surface area contributed by atoms with E-state index in [0.717, 1.165) is 38.4 Å². The third-order valence-electron chi connectivity index (χ3n) is 8.83. The molecule has 1 spiro atoms. The van der Waals surface area contributed by atoms with Crippen molar-refractivity contribution in [2.24, 2.45) is 23.0 Å². The second kappa shape index (κ2) is 7.57. The van der Waals surface area contributed by atoms with Crippen molar-refractivity contribution < 1.29 is 22.4 Å². The van der Waals surface area contributed by atoms with Crippen LogP contribution in [0, 0.1) is 23.1 Å². The molecule has 1 saturated heterocycles. The molecule has 2 heterocycles. The van der Waals surface area contributed by atoms with E-state index in [2.05, 4.69) is 4.90 Å². The largest absolute Gasteiger partial charge is 0.419 e. The Labute approximate surface area is 205 Å². The molecule has 2 aromatic rings. The van der Waals surface area contributed by atoms with Crippen molar-refractivity contribution in [1.29, 1.82) is 0 Å². The summed E-state index contributed by atoms with van der Waals surface area (Å²) in [6.45, 7) is 3.17. The molecule has 10 heteroatoms. The summed E-state index contributed by atoms with van der Waals surface area (Å²) in [5, 5.41) is 0. The third kappa shape index (κ3) is 3.55. The van der Waals surface area contributed by atoms with Gasteiger partial charge in [0.15, 0.2) is 0 Å². The maximum atomic E-state index is 15.2. The summed E-state index contributed by atoms with van der Waals surface area (Å²) in [7, 11) is 1.99. The van der Waals surface area contributed by atoms with Gasteiger partial charge in [0, 0.05) is 43.0 Å². The third-order valence-corrected chi connectivity index (χ3v) is 8.83. The number of benzene rings is 1. The lowest BCUT2D eigenvalue weighted by atomic mass is 10.00. The minimum Gasteiger partial charge on any atom is -0.365 e. The van der Waals surface area contributed by atoms with Crippen LogP contribution in [0.4, 0.5) is 23.2 Å². The number of pyridine rings is 1. The molecule has 6 rings (SSSR count). The molecule has 6 nitrogen and oxygen atoms in total. The summed E-state index contributed by atoms with van der Waals surface area (Å²) >= 11 is 0. The number of anilines is 1. The summed E-state index contributed by atoms with van der Waals surface area (Å²) < 4.78 is 57.2. The molecule has 1 aliphatic heterocycles. The molecule has 4 aliphatic rings. The number of carbonyl (C=O) groups is 1. The molecule has 4 atom stereocenters. The summed E-state index contributed by atoms with van der Waals surface area (Å²) in [5.74, 6) is -1.66. The van der Waals surface area contributed by atoms with E-state index in [0.29, 0.717) is 0 Å². The number of fused-ring (bicyclic) bond motifs is 1. The second-order valence-corrected chi connectivity index (χ2v) is 11.1. The Balaban J connectivity index is 1.46. The lowest BCUT2D eigenvalue weighted by Gasteiger charge is -2.36. The Morgan fingerprint density at radius 1 is 1.22 bits per heavy atom. The number of halogens is 4. The molecular weight excluding hydrogens is 476 g/mol. The van der Waals surface area contributed by atoms with E-state index in [1.807, 2.05) is 7.05 Å².